The van der Waals surface area contributed by atoms with Gasteiger partial charge >= 0.3 is 0 Å². The van der Waals surface area contributed by atoms with E-state index in [-0.39, 0.29) is 11.3 Å². The van der Waals surface area contributed by atoms with Crippen LogP contribution in [0.5, 0.6) is 0 Å². The first kappa shape index (κ1) is 8.92. The predicted molar refractivity (Wildman–Crippen MR) is 49.3 cm³/mol. The minimum Gasteiger partial charge on any atom is -0.299 e. The molecule has 0 radical (unpaired) electrons. The first-order valence-electron chi connectivity index (χ1n) is 5.20. The molecular formula is C11H16O2. The van der Waals surface area contributed by atoms with E-state index in [1.54, 1.807) is 0 Å². The Morgan fingerprint density at radius 3 is 2.69 bits per heavy atom. The second-order valence-electron chi connectivity index (χ2n) is 4.61. The highest BCUT2D eigenvalue weighted by atomic mass is 16.1. The molecule has 0 aromatic rings. The number of ketones is 2. The first-order valence-corrected chi connectivity index (χ1v) is 5.20. The Balaban J connectivity index is 2.29. The van der Waals surface area contributed by atoms with Gasteiger partial charge in [-0.15, -0.1) is 0 Å². The molecule has 2 nitrogen and oxygen atoms in total. The van der Waals surface area contributed by atoms with Gasteiger partial charge in [0.1, 0.15) is 11.6 Å². The number of hydrogen-bond acceptors (Lipinski definition) is 2. The summed E-state index contributed by atoms with van der Waals surface area (Å²) in [6.45, 7) is 2.00. The molecule has 0 amide bonds. The molecule has 2 rings (SSSR count). The lowest BCUT2D eigenvalue weighted by Crippen LogP contribution is -2.45. The molecule has 2 aliphatic rings. The predicted octanol–water partition coefficient (Wildman–Crippen LogP) is 2.11. The van der Waals surface area contributed by atoms with Crippen LogP contribution in [0.15, 0.2) is 0 Å². The average molecular weight is 180 g/mol. The highest BCUT2D eigenvalue weighted by molar-refractivity contribution is 5.94. The number of fused-ring (bicyclic) bond motifs is 1. The van der Waals surface area contributed by atoms with Gasteiger partial charge in [-0.3, -0.25) is 9.59 Å². The van der Waals surface area contributed by atoms with Crippen molar-refractivity contribution in [1.82, 2.24) is 0 Å². The van der Waals surface area contributed by atoms with Crippen LogP contribution in [0.3, 0.4) is 0 Å². The van der Waals surface area contributed by atoms with Crippen molar-refractivity contribution in [2.24, 2.45) is 11.3 Å². The van der Waals surface area contributed by atoms with Crippen LogP contribution in [0.4, 0.5) is 0 Å². The van der Waals surface area contributed by atoms with Crippen molar-refractivity contribution in [1.29, 1.82) is 0 Å². The standard InChI is InChI=1S/C11H16O2/c1-11-7-3-5-9(12)8(11)4-2-6-10(11)13/h8H,2-7H2,1H3/t8-,11-/m0/s1. The van der Waals surface area contributed by atoms with Gasteiger partial charge in [-0.2, -0.15) is 0 Å². The number of hydrogen-bond donors (Lipinski definition) is 0. The van der Waals surface area contributed by atoms with Crippen LogP contribution >= 0.6 is 0 Å². The SMILES string of the molecule is C[C@]12CCCC(=O)[C@@H]1CCCC2=O. The normalized spacial score (nSPS) is 40.2. The molecule has 2 heteroatoms. The van der Waals surface area contributed by atoms with Crippen LogP contribution in [0.25, 0.3) is 0 Å². The molecule has 0 aromatic heterocycles. The van der Waals surface area contributed by atoms with E-state index < -0.39 is 0 Å². The largest absolute Gasteiger partial charge is 0.299 e. The Bertz CT molecular complexity index is 257. The van der Waals surface area contributed by atoms with E-state index in [2.05, 4.69) is 0 Å². The van der Waals surface area contributed by atoms with Crippen molar-refractivity contribution in [3.8, 4) is 0 Å². The molecule has 72 valence electrons. The fourth-order valence-electron chi connectivity index (χ4n) is 2.90. The molecular weight excluding hydrogens is 164 g/mol. The summed E-state index contributed by atoms with van der Waals surface area (Å²) in [4.78, 5) is 23.4. The van der Waals surface area contributed by atoms with Gasteiger partial charge in [0, 0.05) is 24.2 Å². The molecule has 0 aromatic carbocycles. The van der Waals surface area contributed by atoms with Crippen LogP contribution in [0, 0.1) is 11.3 Å². The molecule has 0 aliphatic heterocycles. The second kappa shape index (κ2) is 2.93. The number of carbonyl (C=O) groups excluding carboxylic acids is 2. The van der Waals surface area contributed by atoms with Gasteiger partial charge in [0.05, 0.1) is 0 Å². The second-order valence-corrected chi connectivity index (χ2v) is 4.61. The molecule has 0 unspecified atom stereocenters. The third kappa shape index (κ3) is 1.23. The van der Waals surface area contributed by atoms with Crippen LogP contribution in [-0.2, 0) is 9.59 Å². The van der Waals surface area contributed by atoms with Crippen molar-refractivity contribution in [2.75, 3.05) is 0 Å². The van der Waals surface area contributed by atoms with Gasteiger partial charge in [0.25, 0.3) is 0 Å². The summed E-state index contributed by atoms with van der Waals surface area (Å²) < 4.78 is 0. The number of Topliss-reactive ketones (excluding diaryl/α,β-unsaturated/α-hetero) is 2. The lowest BCUT2D eigenvalue weighted by Gasteiger charge is -2.42. The molecule has 2 fully saturated rings. The molecule has 0 bridgehead atoms. The lowest BCUT2D eigenvalue weighted by molar-refractivity contribution is -0.146. The maximum absolute atomic E-state index is 11.7. The van der Waals surface area contributed by atoms with Crippen molar-refractivity contribution in [2.45, 2.75) is 45.4 Å². The molecule has 0 saturated heterocycles. The van der Waals surface area contributed by atoms with Crippen LogP contribution in [-0.4, -0.2) is 11.6 Å². The number of carbonyl (C=O) groups is 2. The summed E-state index contributed by atoms with van der Waals surface area (Å²) in [5.41, 5.74) is -0.284. The van der Waals surface area contributed by atoms with E-state index in [1.165, 1.54) is 0 Å². The van der Waals surface area contributed by atoms with Gasteiger partial charge in [-0.1, -0.05) is 6.92 Å². The van der Waals surface area contributed by atoms with Crippen molar-refractivity contribution >= 4 is 11.6 Å². The minimum atomic E-state index is -0.284. The zero-order valence-corrected chi connectivity index (χ0v) is 8.14. The van der Waals surface area contributed by atoms with Gasteiger partial charge in [-0.05, 0) is 25.7 Å². The Labute approximate surface area is 78.7 Å². The highest BCUT2D eigenvalue weighted by Gasteiger charge is 2.48. The lowest BCUT2D eigenvalue weighted by atomic mass is 9.59. The summed E-state index contributed by atoms with van der Waals surface area (Å²) >= 11 is 0. The summed E-state index contributed by atoms with van der Waals surface area (Å²) in [5, 5.41) is 0. The van der Waals surface area contributed by atoms with Gasteiger partial charge < -0.3 is 0 Å². The van der Waals surface area contributed by atoms with Gasteiger partial charge in [0.15, 0.2) is 0 Å². The topological polar surface area (TPSA) is 34.1 Å². The molecule has 2 saturated carbocycles. The molecule has 2 aliphatic carbocycles. The fraction of sp³-hybridized carbons (Fsp3) is 0.818. The highest BCUT2D eigenvalue weighted by Crippen LogP contribution is 2.46. The van der Waals surface area contributed by atoms with Crippen molar-refractivity contribution < 1.29 is 9.59 Å². The van der Waals surface area contributed by atoms with E-state index >= 15 is 0 Å². The molecule has 2 atom stereocenters. The van der Waals surface area contributed by atoms with E-state index in [0.29, 0.717) is 24.4 Å². The Morgan fingerprint density at radius 1 is 1.23 bits per heavy atom. The van der Waals surface area contributed by atoms with Crippen LogP contribution in [0.2, 0.25) is 0 Å². The maximum atomic E-state index is 11.7. The number of rotatable bonds is 0. The van der Waals surface area contributed by atoms with E-state index in [4.69, 9.17) is 0 Å². The zero-order chi connectivity index (χ0) is 9.47. The summed E-state index contributed by atoms with van der Waals surface area (Å²) in [6, 6.07) is 0. The maximum Gasteiger partial charge on any atom is 0.139 e. The minimum absolute atomic E-state index is 0.0579. The Morgan fingerprint density at radius 2 is 2.00 bits per heavy atom. The van der Waals surface area contributed by atoms with Crippen LogP contribution in [0.1, 0.15) is 45.4 Å². The monoisotopic (exact) mass is 180 g/mol. The first-order chi connectivity index (χ1) is 6.14. The third-order valence-electron chi connectivity index (χ3n) is 3.81. The average Bonchev–Trinajstić information content (AvgIpc) is 2.08. The fourth-order valence-corrected chi connectivity index (χ4v) is 2.90. The van der Waals surface area contributed by atoms with E-state index in [0.717, 1.165) is 25.7 Å². The molecule has 0 heterocycles. The van der Waals surface area contributed by atoms with Crippen LogP contribution < -0.4 is 0 Å². The summed E-state index contributed by atoms with van der Waals surface area (Å²) in [5.74, 6) is 0.723. The van der Waals surface area contributed by atoms with Crippen molar-refractivity contribution in [3.05, 3.63) is 0 Å². The summed E-state index contributed by atoms with van der Waals surface area (Å²) in [7, 11) is 0. The molecule has 0 N–H and O–H groups in total. The van der Waals surface area contributed by atoms with E-state index in [9.17, 15) is 9.59 Å². The smallest absolute Gasteiger partial charge is 0.139 e. The summed E-state index contributed by atoms with van der Waals surface area (Å²) in [6.07, 6.45) is 5.11. The third-order valence-corrected chi connectivity index (χ3v) is 3.81. The van der Waals surface area contributed by atoms with Crippen molar-refractivity contribution in [3.63, 3.8) is 0 Å². The zero-order valence-electron chi connectivity index (χ0n) is 8.14. The van der Waals surface area contributed by atoms with E-state index in [1.807, 2.05) is 6.92 Å². The van der Waals surface area contributed by atoms with Gasteiger partial charge in [0.2, 0.25) is 0 Å². The quantitative estimate of drug-likeness (QED) is 0.572. The Kier molecular flexibility index (Phi) is 2.01. The van der Waals surface area contributed by atoms with Gasteiger partial charge in [-0.25, -0.2) is 0 Å². The Hall–Kier alpha value is -0.660. The molecule has 13 heavy (non-hydrogen) atoms. The molecule has 0 spiro atoms.